The van der Waals surface area contributed by atoms with Gasteiger partial charge < -0.3 is 19.5 Å². The summed E-state index contributed by atoms with van der Waals surface area (Å²) >= 11 is 6.14. The maximum atomic E-state index is 6.57. The molecule has 0 amide bonds. The molecule has 0 saturated heterocycles. The van der Waals surface area contributed by atoms with Crippen molar-refractivity contribution >= 4 is 17.3 Å². The molecule has 34 heavy (non-hydrogen) atoms. The number of ether oxygens (including phenoxy) is 3. The Morgan fingerprint density at radius 3 is 2.71 bits per heavy atom. The standard InChI is InChI=1S/C29H36ClNO3/c1-4-16-33-28-27(32-17-15-21-9-6-5-7-10-21)25-19-24(13-14-26(25)34-29(28,2)3)31-20-22-11-8-12-23(30)18-22/h1,8,11-14,18-19,21,27-28,31H,5-7,9-10,15-17,20H2,2-3H3. The monoisotopic (exact) mass is 481 g/mol. The predicted molar refractivity (Wildman–Crippen MR) is 138 cm³/mol. The van der Waals surface area contributed by atoms with Gasteiger partial charge in [-0.05, 0) is 62.1 Å². The summed E-state index contributed by atoms with van der Waals surface area (Å²) in [6.07, 6.45) is 12.7. The molecule has 2 aromatic rings. The topological polar surface area (TPSA) is 39.7 Å². The van der Waals surface area contributed by atoms with Gasteiger partial charge in [0.25, 0.3) is 0 Å². The van der Waals surface area contributed by atoms with Crippen molar-refractivity contribution in [3.8, 4) is 18.1 Å². The van der Waals surface area contributed by atoms with Gasteiger partial charge in [0.1, 0.15) is 30.2 Å². The summed E-state index contributed by atoms with van der Waals surface area (Å²) in [5.74, 6) is 4.20. The average Bonchev–Trinajstić information content (AvgIpc) is 2.82. The summed E-state index contributed by atoms with van der Waals surface area (Å²) in [7, 11) is 0. The van der Waals surface area contributed by atoms with Crippen LogP contribution in [0.4, 0.5) is 5.69 Å². The van der Waals surface area contributed by atoms with E-state index in [1.165, 1.54) is 32.1 Å². The molecule has 1 fully saturated rings. The quantitative estimate of drug-likeness (QED) is 0.385. The average molecular weight is 482 g/mol. The molecule has 2 atom stereocenters. The highest BCUT2D eigenvalue weighted by Gasteiger charge is 2.45. The molecule has 0 bridgehead atoms. The number of terminal acetylenes is 1. The van der Waals surface area contributed by atoms with Crippen molar-refractivity contribution in [2.24, 2.45) is 5.92 Å². The van der Waals surface area contributed by atoms with Gasteiger partial charge in [0.15, 0.2) is 0 Å². The molecule has 0 spiro atoms. The van der Waals surface area contributed by atoms with Crippen molar-refractivity contribution in [2.75, 3.05) is 18.5 Å². The highest BCUT2D eigenvalue weighted by molar-refractivity contribution is 6.30. The van der Waals surface area contributed by atoms with Gasteiger partial charge in [-0.1, -0.05) is 61.8 Å². The van der Waals surface area contributed by atoms with Crippen LogP contribution in [0.15, 0.2) is 42.5 Å². The van der Waals surface area contributed by atoms with Gasteiger partial charge in [0.05, 0.1) is 0 Å². The smallest absolute Gasteiger partial charge is 0.132 e. The van der Waals surface area contributed by atoms with Crippen LogP contribution >= 0.6 is 11.6 Å². The lowest BCUT2D eigenvalue weighted by molar-refractivity contribution is -0.157. The van der Waals surface area contributed by atoms with E-state index in [1.807, 2.05) is 44.2 Å². The van der Waals surface area contributed by atoms with Gasteiger partial charge in [-0.15, -0.1) is 6.42 Å². The van der Waals surface area contributed by atoms with Crippen LogP contribution in [-0.2, 0) is 16.0 Å². The number of hydrogen-bond acceptors (Lipinski definition) is 4. The van der Waals surface area contributed by atoms with Crippen molar-refractivity contribution in [3.05, 3.63) is 58.6 Å². The van der Waals surface area contributed by atoms with Crippen LogP contribution in [0.5, 0.6) is 5.75 Å². The predicted octanol–water partition coefficient (Wildman–Crippen LogP) is 7.17. The second-order valence-corrected chi connectivity index (χ2v) is 10.4. The summed E-state index contributed by atoms with van der Waals surface area (Å²) in [5, 5.41) is 4.24. The zero-order chi connectivity index (χ0) is 24.0. The molecular weight excluding hydrogens is 446 g/mol. The van der Waals surface area contributed by atoms with Gasteiger partial charge in [0, 0.05) is 29.4 Å². The molecule has 2 aliphatic rings. The van der Waals surface area contributed by atoms with E-state index in [2.05, 4.69) is 23.4 Å². The highest BCUT2D eigenvalue weighted by Crippen LogP contribution is 2.44. The Hall–Kier alpha value is -2.19. The Morgan fingerprint density at radius 1 is 1.12 bits per heavy atom. The zero-order valence-corrected chi connectivity index (χ0v) is 21.1. The molecule has 0 radical (unpaired) electrons. The van der Waals surface area contributed by atoms with E-state index >= 15 is 0 Å². The first-order chi connectivity index (χ1) is 16.5. The maximum absolute atomic E-state index is 6.57. The van der Waals surface area contributed by atoms with Gasteiger partial charge in [-0.25, -0.2) is 0 Å². The largest absolute Gasteiger partial charge is 0.485 e. The van der Waals surface area contributed by atoms with Crippen LogP contribution in [-0.4, -0.2) is 24.9 Å². The molecule has 1 N–H and O–H groups in total. The van der Waals surface area contributed by atoms with E-state index in [0.29, 0.717) is 13.2 Å². The summed E-state index contributed by atoms with van der Waals surface area (Å²) in [6, 6.07) is 14.1. The zero-order valence-electron chi connectivity index (χ0n) is 20.3. The lowest BCUT2D eigenvalue weighted by Gasteiger charge is -2.44. The van der Waals surface area contributed by atoms with E-state index in [1.54, 1.807) is 0 Å². The number of anilines is 1. The molecule has 1 heterocycles. The van der Waals surface area contributed by atoms with E-state index in [-0.39, 0.29) is 18.8 Å². The number of rotatable bonds is 9. The molecule has 0 aromatic heterocycles. The summed E-state index contributed by atoms with van der Waals surface area (Å²) in [6.45, 7) is 5.69. The normalized spacial score (nSPS) is 21.8. The molecule has 2 unspecified atom stereocenters. The molecule has 1 aliphatic carbocycles. The molecule has 2 aromatic carbocycles. The second-order valence-electron chi connectivity index (χ2n) is 9.96. The molecule has 4 nitrogen and oxygen atoms in total. The molecule has 1 aliphatic heterocycles. The van der Waals surface area contributed by atoms with Crippen LogP contribution in [0, 0.1) is 18.3 Å². The maximum Gasteiger partial charge on any atom is 0.132 e. The van der Waals surface area contributed by atoms with Gasteiger partial charge in [0.2, 0.25) is 0 Å². The van der Waals surface area contributed by atoms with Gasteiger partial charge >= 0.3 is 0 Å². The molecule has 182 valence electrons. The first kappa shape index (κ1) is 24.9. The Labute approximate surface area is 209 Å². The van der Waals surface area contributed by atoms with Crippen molar-refractivity contribution in [1.82, 2.24) is 0 Å². The Bertz CT molecular complexity index is 993. The molecule has 5 heteroatoms. The highest BCUT2D eigenvalue weighted by atomic mass is 35.5. The van der Waals surface area contributed by atoms with E-state index < -0.39 is 5.60 Å². The number of benzene rings is 2. The second kappa shape index (κ2) is 11.5. The van der Waals surface area contributed by atoms with Crippen molar-refractivity contribution in [2.45, 2.75) is 76.7 Å². The van der Waals surface area contributed by atoms with Crippen LogP contribution < -0.4 is 10.1 Å². The van der Waals surface area contributed by atoms with Crippen molar-refractivity contribution < 1.29 is 14.2 Å². The van der Waals surface area contributed by atoms with Crippen molar-refractivity contribution in [3.63, 3.8) is 0 Å². The number of halogens is 1. The van der Waals surface area contributed by atoms with Crippen molar-refractivity contribution in [1.29, 1.82) is 0 Å². The number of nitrogens with one attached hydrogen (secondary N) is 1. The number of fused-ring (bicyclic) bond motifs is 1. The van der Waals surface area contributed by atoms with E-state index in [9.17, 15) is 0 Å². The fourth-order valence-corrected chi connectivity index (χ4v) is 5.35. The minimum atomic E-state index is -0.560. The summed E-state index contributed by atoms with van der Waals surface area (Å²) < 4.78 is 19.1. The van der Waals surface area contributed by atoms with E-state index in [0.717, 1.165) is 39.9 Å². The first-order valence-corrected chi connectivity index (χ1v) is 12.8. The third-order valence-corrected chi connectivity index (χ3v) is 7.16. The van der Waals surface area contributed by atoms with Crippen LogP contribution in [0.2, 0.25) is 5.02 Å². The van der Waals surface area contributed by atoms with Crippen LogP contribution in [0.25, 0.3) is 0 Å². The minimum Gasteiger partial charge on any atom is -0.485 e. The third-order valence-electron chi connectivity index (χ3n) is 6.93. The molecular formula is C29H36ClNO3. The van der Waals surface area contributed by atoms with E-state index in [4.69, 9.17) is 32.2 Å². The van der Waals surface area contributed by atoms with Crippen LogP contribution in [0.1, 0.15) is 69.6 Å². The summed E-state index contributed by atoms with van der Waals surface area (Å²) in [5.41, 5.74) is 2.56. The lowest BCUT2D eigenvalue weighted by atomic mass is 9.86. The van der Waals surface area contributed by atoms with Crippen LogP contribution in [0.3, 0.4) is 0 Å². The molecule has 4 rings (SSSR count). The Morgan fingerprint density at radius 2 is 1.94 bits per heavy atom. The fraction of sp³-hybridized carbons (Fsp3) is 0.517. The Kier molecular flexibility index (Phi) is 8.42. The Balaban J connectivity index is 1.52. The summed E-state index contributed by atoms with van der Waals surface area (Å²) in [4.78, 5) is 0. The SMILES string of the molecule is C#CCOC1C(OCCC2CCCCC2)c2cc(NCc3cccc(Cl)c3)ccc2OC1(C)C. The van der Waals surface area contributed by atoms with Gasteiger partial charge in [-0.3, -0.25) is 0 Å². The first-order valence-electron chi connectivity index (χ1n) is 12.4. The fourth-order valence-electron chi connectivity index (χ4n) is 5.13. The molecule has 1 saturated carbocycles. The minimum absolute atomic E-state index is 0.224. The van der Waals surface area contributed by atoms with Gasteiger partial charge in [-0.2, -0.15) is 0 Å². The third kappa shape index (κ3) is 6.27. The number of hydrogen-bond donors (Lipinski definition) is 1. The lowest BCUT2D eigenvalue weighted by Crippen LogP contribution is -2.51.